The summed E-state index contributed by atoms with van der Waals surface area (Å²) >= 11 is 0. The van der Waals surface area contributed by atoms with Gasteiger partial charge in [-0.3, -0.25) is 0 Å². The molecule has 0 bridgehead atoms. The van der Waals surface area contributed by atoms with E-state index in [1.807, 2.05) is 13.8 Å². The molecule has 0 aromatic heterocycles. The molecule has 2 rings (SSSR count). The highest BCUT2D eigenvalue weighted by molar-refractivity contribution is 7.89. The molecule has 21 heavy (non-hydrogen) atoms. The molecule has 0 aliphatic carbocycles. The van der Waals surface area contributed by atoms with E-state index < -0.39 is 10.0 Å². The average molecular weight is 313 g/mol. The van der Waals surface area contributed by atoms with Gasteiger partial charge in [-0.05, 0) is 62.8 Å². The number of primary sulfonamides is 1. The van der Waals surface area contributed by atoms with Crippen molar-refractivity contribution in [2.75, 3.05) is 13.2 Å². The van der Waals surface area contributed by atoms with Gasteiger partial charge in [-0.1, -0.05) is 0 Å². The number of ether oxygens (including phenoxy) is 2. The maximum absolute atomic E-state index is 11.4. The Morgan fingerprint density at radius 1 is 1.33 bits per heavy atom. The Bertz CT molecular complexity index is 569. The third kappa shape index (κ3) is 4.43. The minimum atomic E-state index is -3.67. The van der Waals surface area contributed by atoms with Crippen LogP contribution in [0.4, 0.5) is 0 Å². The molecule has 1 saturated heterocycles. The van der Waals surface area contributed by atoms with Crippen LogP contribution in [0.5, 0.6) is 5.75 Å². The summed E-state index contributed by atoms with van der Waals surface area (Å²) < 4.78 is 34.1. The Morgan fingerprint density at radius 3 is 2.52 bits per heavy atom. The van der Waals surface area contributed by atoms with Crippen molar-refractivity contribution in [1.82, 2.24) is 0 Å². The van der Waals surface area contributed by atoms with Crippen molar-refractivity contribution in [3.63, 3.8) is 0 Å². The predicted molar refractivity (Wildman–Crippen MR) is 81.0 cm³/mol. The fourth-order valence-corrected chi connectivity index (χ4v) is 3.34. The molecular weight excluding hydrogens is 290 g/mol. The summed E-state index contributed by atoms with van der Waals surface area (Å²) in [6, 6.07) is 3.11. The first-order valence-corrected chi connectivity index (χ1v) is 8.81. The Balaban J connectivity index is 1.93. The average Bonchev–Trinajstić information content (AvgIpc) is 2.88. The number of rotatable bonds is 6. The minimum absolute atomic E-state index is 0.129. The lowest BCUT2D eigenvalue weighted by atomic mass is 10.1. The Labute approximate surface area is 126 Å². The van der Waals surface area contributed by atoms with Gasteiger partial charge in [0.25, 0.3) is 0 Å². The van der Waals surface area contributed by atoms with Crippen molar-refractivity contribution >= 4 is 10.0 Å². The third-order valence-corrected chi connectivity index (χ3v) is 4.60. The van der Waals surface area contributed by atoms with Gasteiger partial charge in [0.1, 0.15) is 5.75 Å². The van der Waals surface area contributed by atoms with E-state index in [2.05, 4.69) is 0 Å². The first-order chi connectivity index (χ1) is 9.88. The fraction of sp³-hybridized carbons (Fsp3) is 0.600. The maximum Gasteiger partial charge on any atom is 0.238 e. The highest BCUT2D eigenvalue weighted by Gasteiger charge is 2.16. The van der Waals surface area contributed by atoms with Crippen LogP contribution in [0.3, 0.4) is 0 Å². The largest absolute Gasteiger partial charge is 0.493 e. The molecule has 0 spiro atoms. The summed E-state index contributed by atoms with van der Waals surface area (Å²) in [5.74, 6) is 0.745. The van der Waals surface area contributed by atoms with E-state index in [4.69, 9.17) is 14.6 Å². The SMILES string of the molecule is Cc1cc(S(N)(=O)=O)cc(C)c1OCCCC1CCCO1. The van der Waals surface area contributed by atoms with Crippen molar-refractivity contribution in [1.29, 1.82) is 0 Å². The second kappa shape index (κ2) is 6.77. The lowest BCUT2D eigenvalue weighted by Crippen LogP contribution is -2.13. The lowest BCUT2D eigenvalue weighted by molar-refractivity contribution is 0.0980. The van der Waals surface area contributed by atoms with Crippen molar-refractivity contribution in [2.45, 2.75) is 50.5 Å². The highest BCUT2D eigenvalue weighted by atomic mass is 32.2. The zero-order valence-electron chi connectivity index (χ0n) is 12.6. The van der Waals surface area contributed by atoms with E-state index in [0.29, 0.717) is 12.7 Å². The Morgan fingerprint density at radius 2 is 2.00 bits per heavy atom. The van der Waals surface area contributed by atoms with E-state index in [1.54, 1.807) is 12.1 Å². The molecule has 1 unspecified atom stereocenters. The van der Waals surface area contributed by atoms with Crippen LogP contribution in [0.15, 0.2) is 17.0 Å². The summed E-state index contributed by atoms with van der Waals surface area (Å²) in [5.41, 5.74) is 1.58. The Kier molecular flexibility index (Phi) is 5.24. The second-order valence-corrected chi connectivity index (χ2v) is 7.12. The summed E-state index contributed by atoms with van der Waals surface area (Å²) in [5, 5.41) is 5.15. The number of aryl methyl sites for hydroxylation is 2. The number of hydrogen-bond donors (Lipinski definition) is 1. The van der Waals surface area contributed by atoms with Gasteiger partial charge in [0.2, 0.25) is 10.0 Å². The zero-order valence-corrected chi connectivity index (χ0v) is 13.4. The van der Waals surface area contributed by atoms with Gasteiger partial charge >= 0.3 is 0 Å². The number of sulfonamides is 1. The maximum atomic E-state index is 11.4. The van der Waals surface area contributed by atoms with Crippen LogP contribution < -0.4 is 9.88 Å². The normalized spacial score (nSPS) is 18.9. The van der Waals surface area contributed by atoms with E-state index in [1.165, 1.54) is 0 Å². The van der Waals surface area contributed by atoms with Crippen LogP contribution in [-0.2, 0) is 14.8 Å². The molecule has 1 aliphatic heterocycles. The van der Waals surface area contributed by atoms with Crippen LogP contribution in [0.1, 0.15) is 36.8 Å². The van der Waals surface area contributed by atoms with Crippen LogP contribution in [-0.4, -0.2) is 27.7 Å². The molecule has 0 amide bonds. The van der Waals surface area contributed by atoms with Gasteiger partial charge in [0, 0.05) is 6.61 Å². The molecule has 1 aromatic carbocycles. The van der Waals surface area contributed by atoms with Crippen molar-refractivity contribution < 1.29 is 17.9 Å². The van der Waals surface area contributed by atoms with Gasteiger partial charge in [-0.2, -0.15) is 0 Å². The molecule has 1 aliphatic rings. The summed E-state index contributed by atoms with van der Waals surface area (Å²) in [4.78, 5) is 0.129. The Hall–Kier alpha value is -1.11. The molecule has 1 fully saturated rings. The standard InChI is InChI=1S/C15H23NO4S/c1-11-9-14(21(16,17)18)10-12(2)15(11)20-8-4-6-13-5-3-7-19-13/h9-10,13H,3-8H2,1-2H3,(H2,16,17,18). The molecule has 5 nitrogen and oxygen atoms in total. The van der Waals surface area contributed by atoms with E-state index >= 15 is 0 Å². The minimum Gasteiger partial charge on any atom is -0.493 e. The smallest absolute Gasteiger partial charge is 0.238 e. The van der Waals surface area contributed by atoms with Crippen LogP contribution >= 0.6 is 0 Å². The molecule has 118 valence electrons. The van der Waals surface area contributed by atoms with Gasteiger partial charge in [0.05, 0.1) is 17.6 Å². The van der Waals surface area contributed by atoms with Crippen LogP contribution in [0, 0.1) is 13.8 Å². The van der Waals surface area contributed by atoms with Crippen molar-refractivity contribution in [2.24, 2.45) is 5.14 Å². The van der Waals surface area contributed by atoms with Gasteiger partial charge < -0.3 is 9.47 Å². The molecule has 1 atom stereocenters. The van der Waals surface area contributed by atoms with Gasteiger partial charge in [0.15, 0.2) is 0 Å². The lowest BCUT2D eigenvalue weighted by Gasteiger charge is -2.14. The second-order valence-electron chi connectivity index (χ2n) is 5.56. The molecular formula is C15H23NO4S. The van der Waals surface area contributed by atoms with Crippen LogP contribution in [0.25, 0.3) is 0 Å². The zero-order chi connectivity index (χ0) is 15.5. The van der Waals surface area contributed by atoms with E-state index in [9.17, 15) is 8.42 Å². The van der Waals surface area contributed by atoms with E-state index in [0.717, 1.165) is 49.2 Å². The van der Waals surface area contributed by atoms with Gasteiger partial charge in [-0.15, -0.1) is 0 Å². The molecule has 1 heterocycles. The van der Waals surface area contributed by atoms with Crippen molar-refractivity contribution in [3.05, 3.63) is 23.3 Å². The van der Waals surface area contributed by atoms with Crippen LogP contribution in [0.2, 0.25) is 0 Å². The number of nitrogens with two attached hydrogens (primary N) is 1. The molecule has 6 heteroatoms. The highest BCUT2D eigenvalue weighted by Crippen LogP contribution is 2.27. The summed E-state index contributed by atoms with van der Waals surface area (Å²) in [7, 11) is -3.67. The van der Waals surface area contributed by atoms with Crippen molar-refractivity contribution in [3.8, 4) is 5.75 Å². The summed E-state index contributed by atoms with van der Waals surface area (Å²) in [6.45, 7) is 5.14. The molecule has 1 aromatic rings. The van der Waals surface area contributed by atoms with E-state index in [-0.39, 0.29) is 4.90 Å². The number of hydrogen-bond acceptors (Lipinski definition) is 4. The monoisotopic (exact) mass is 313 g/mol. The molecule has 0 radical (unpaired) electrons. The molecule has 0 saturated carbocycles. The first-order valence-electron chi connectivity index (χ1n) is 7.26. The molecule has 2 N–H and O–H groups in total. The third-order valence-electron chi connectivity index (χ3n) is 3.70. The predicted octanol–water partition coefficient (Wildman–Crippen LogP) is 2.29. The number of benzene rings is 1. The first kappa shape index (κ1) is 16.3. The van der Waals surface area contributed by atoms with Gasteiger partial charge in [-0.25, -0.2) is 13.6 Å². The summed E-state index contributed by atoms with van der Waals surface area (Å²) in [6.07, 6.45) is 4.61. The topological polar surface area (TPSA) is 78.6 Å². The quantitative estimate of drug-likeness (QED) is 0.817. The fourth-order valence-electron chi connectivity index (χ4n) is 2.66.